The van der Waals surface area contributed by atoms with Gasteiger partial charge >= 0.3 is 0 Å². The predicted octanol–water partition coefficient (Wildman–Crippen LogP) is 1.98. The molecular formula is C24H35N3O6S2. The van der Waals surface area contributed by atoms with E-state index in [0.717, 1.165) is 21.2 Å². The summed E-state index contributed by atoms with van der Waals surface area (Å²) in [5.74, 6) is -0.435. The molecule has 0 fully saturated rings. The lowest BCUT2D eigenvalue weighted by molar-refractivity contribution is -0.126. The number of benzene rings is 1. The monoisotopic (exact) mass is 525 g/mol. The number of Topliss-reactive ketones (excluding diaryl/α,β-unsaturated/α-hetero) is 1. The first kappa shape index (κ1) is 29.1. The first-order chi connectivity index (χ1) is 16.4. The lowest BCUT2D eigenvalue weighted by atomic mass is 10.0. The van der Waals surface area contributed by atoms with Crippen LogP contribution >= 0.6 is 11.3 Å². The molecule has 35 heavy (non-hydrogen) atoms. The van der Waals surface area contributed by atoms with Crippen LogP contribution in [0.1, 0.15) is 49.4 Å². The van der Waals surface area contributed by atoms with Crippen LogP contribution in [-0.4, -0.2) is 70.9 Å². The zero-order valence-electron chi connectivity index (χ0n) is 20.6. The third kappa shape index (κ3) is 8.76. The highest BCUT2D eigenvalue weighted by atomic mass is 32.2. The summed E-state index contributed by atoms with van der Waals surface area (Å²) in [6.07, 6.45) is -1.57. The average Bonchev–Trinajstić information content (AvgIpc) is 3.15. The molecule has 3 N–H and O–H groups in total. The standard InChI is InChI=1S/C24H35N3O6S2/c1-5-20(29)11-12-23(31)26-21(13-19-9-7-6-8-10-19)22(30)15-27(14-16(2)28)35(32,33)24-17(3)25-18(4)34-24/h6-10,16,21-22,28,30H,5,11-15H2,1-4H3,(H,26,31)/t16?,21-,22+/m0/s1. The Morgan fingerprint density at radius 3 is 2.31 bits per heavy atom. The second-order valence-electron chi connectivity index (χ2n) is 8.60. The van der Waals surface area contributed by atoms with Crippen LogP contribution in [0.4, 0.5) is 0 Å². The number of amides is 1. The molecule has 1 heterocycles. The molecule has 3 atom stereocenters. The fourth-order valence-electron chi connectivity index (χ4n) is 3.63. The number of rotatable bonds is 14. The van der Waals surface area contributed by atoms with Gasteiger partial charge in [-0.15, -0.1) is 11.3 Å². The van der Waals surface area contributed by atoms with E-state index in [2.05, 4.69) is 10.3 Å². The maximum absolute atomic E-state index is 13.4. The molecule has 0 radical (unpaired) electrons. The number of carbonyl (C=O) groups is 2. The molecule has 0 spiro atoms. The van der Waals surface area contributed by atoms with Crippen LogP contribution in [-0.2, 0) is 26.0 Å². The van der Waals surface area contributed by atoms with E-state index in [1.807, 2.05) is 30.3 Å². The highest BCUT2D eigenvalue weighted by Crippen LogP contribution is 2.27. The van der Waals surface area contributed by atoms with Gasteiger partial charge in [-0.2, -0.15) is 4.31 Å². The van der Waals surface area contributed by atoms with Crippen molar-refractivity contribution in [3.05, 3.63) is 46.6 Å². The topological polar surface area (TPSA) is 137 Å². The Bertz CT molecular complexity index is 1090. The maximum atomic E-state index is 13.4. The first-order valence-electron chi connectivity index (χ1n) is 11.6. The number of aliphatic hydroxyl groups excluding tert-OH is 2. The third-order valence-electron chi connectivity index (χ3n) is 5.43. The second kappa shape index (κ2) is 13.2. The lowest BCUT2D eigenvalue weighted by Gasteiger charge is -2.30. The van der Waals surface area contributed by atoms with Gasteiger partial charge in [0, 0.05) is 32.4 Å². The molecule has 0 saturated heterocycles. The smallest absolute Gasteiger partial charge is 0.254 e. The van der Waals surface area contributed by atoms with Crippen molar-refractivity contribution in [1.29, 1.82) is 0 Å². The Kier molecular flexibility index (Phi) is 11.0. The van der Waals surface area contributed by atoms with E-state index in [1.54, 1.807) is 20.8 Å². The molecule has 11 heteroatoms. The lowest BCUT2D eigenvalue weighted by Crippen LogP contribution is -2.51. The fourth-order valence-corrected chi connectivity index (χ4v) is 6.79. The van der Waals surface area contributed by atoms with Gasteiger partial charge in [0.15, 0.2) is 4.21 Å². The van der Waals surface area contributed by atoms with E-state index in [1.165, 1.54) is 6.92 Å². The Hall–Kier alpha value is -2.18. The van der Waals surface area contributed by atoms with Crippen molar-refractivity contribution in [2.24, 2.45) is 0 Å². The van der Waals surface area contributed by atoms with Crippen molar-refractivity contribution in [2.75, 3.05) is 13.1 Å². The molecule has 2 aromatic rings. The minimum absolute atomic E-state index is 0.0142. The molecule has 1 aromatic heterocycles. The van der Waals surface area contributed by atoms with Gasteiger partial charge in [-0.3, -0.25) is 9.59 Å². The highest BCUT2D eigenvalue weighted by Gasteiger charge is 2.33. The van der Waals surface area contributed by atoms with Crippen molar-refractivity contribution in [1.82, 2.24) is 14.6 Å². The number of thiazole rings is 1. The number of aromatic nitrogens is 1. The maximum Gasteiger partial charge on any atom is 0.254 e. The van der Waals surface area contributed by atoms with Gasteiger partial charge in [-0.25, -0.2) is 13.4 Å². The molecule has 1 amide bonds. The molecule has 0 saturated carbocycles. The second-order valence-corrected chi connectivity index (χ2v) is 11.9. The molecule has 0 aliphatic carbocycles. The normalized spacial score (nSPS) is 14.5. The van der Waals surface area contributed by atoms with Gasteiger partial charge in [0.05, 0.1) is 29.0 Å². The van der Waals surface area contributed by atoms with Crippen molar-refractivity contribution in [2.45, 2.75) is 75.8 Å². The molecule has 0 aliphatic heterocycles. The van der Waals surface area contributed by atoms with Crippen molar-refractivity contribution in [3.8, 4) is 0 Å². The number of aliphatic hydroxyl groups is 2. The van der Waals surface area contributed by atoms with Crippen LogP contribution in [0.25, 0.3) is 0 Å². The minimum atomic E-state index is -4.05. The Morgan fingerprint density at radius 2 is 1.77 bits per heavy atom. The Morgan fingerprint density at radius 1 is 1.11 bits per heavy atom. The molecule has 0 aliphatic rings. The number of nitrogens with zero attached hydrogens (tertiary/aromatic N) is 2. The minimum Gasteiger partial charge on any atom is -0.392 e. The van der Waals surface area contributed by atoms with Gasteiger partial charge in [-0.1, -0.05) is 37.3 Å². The number of nitrogens with one attached hydrogen (secondary N) is 1. The fraction of sp³-hybridized carbons (Fsp3) is 0.542. The van der Waals surface area contributed by atoms with Gasteiger partial charge < -0.3 is 15.5 Å². The summed E-state index contributed by atoms with van der Waals surface area (Å²) >= 11 is 1.03. The van der Waals surface area contributed by atoms with Crippen molar-refractivity contribution in [3.63, 3.8) is 0 Å². The van der Waals surface area contributed by atoms with E-state index >= 15 is 0 Å². The summed E-state index contributed by atoms with van der Waals surface area (Å²) in [5, 5.41) is 24.5. The largest absolute Gasteiger partial charge is 0.392 e. The van der Waals surface area contributed by atoms with Gasteiger partial charge in [0.2, 0.25) is 5.91 Å². The summed E-state index contributed by atoms with van der Waals surface area (Å²) in [4.78, 5) is 28.4. The molecule has 194 valence electrons. The molecule has 0 bridgehead atoms. The number of aryl methyl sites for hydroxylation is 2. The molecule has 1 unspecified atom stereocenters. The molecule has 1 aromatic carbocycles. The summed E-state index contributed by atoms with van der Waals surface area (Å²) in [6, 6.07) is 8.40. The number of hydrogen-bond donors (Lipinski definition) is 3. The van der Waals surface area contributed by atoms with Crippen molar-refractivity contribution < 1.29 is 28.2 Å². The number of sulfonamides is 1. The van der Waals surface area contributed by atoms with Crippen LogP contribution in [0.5, 0.6) is 0 Å². The zero-order valence-corrected chi connectivity index (χ0v) is 22.2. The Balaban J connectivity index is 2.28. The summed E-state index contributed by atoms with van der Waals surface area (Å²) in [7, 11) is -4.05. The van der Waals surface area contributed by atoms with E-state index < -0.39 is 34.2 Å². The van der Waals surface area contributed by atoms with Gasteiger partial charge in [-0.05, 0) is 32.8 Å². The first-order valence-corrected chi connectivity index (χ1v) is 13.8. The van der Waals surface area contributed by atoms with Crippen LogP contribution in [0.3, 0.4) is 0 Å². The van der Waals surface area contributed by atoms with E-state index in [4.69, 9.17) is 0 Å². The van der Waals surface area contributed by atoms with Crippen LogP contribution in [0.15, 0.2) is 34.5 Å². The van der Waals surface area contributed by atoms with E-state index in [9.17, 15) is 28.2 Å². The number of carbonyl (C=O) groups excluding carboxylic acids is 2. The number of ketones is 1. The van der Waals surface area contributed by atoms with E-state index in [-0.39, 0.29) is 42.3 Å². The summed E-state index contributed by atoms with van der Waals surface area (Å²) in [6.45, 7) is 5.93. The number of hydrogen-bond acceptors (Lipinski definition) is 8. The molecule has 2 rings (SSSR count). The van der Waals surface area contributed by atoms with Crippen LogP contribution in [0.2, 0.25) is 0 Å². The average molecular weight is 526 g/mol. The zero-order chi connectivity index (χ0) is 26.2. The summed E-state index contributed by atoms with van der Waals surface area (Å²) < 4.78 is 27.9. The van der Waals surface area contributed by atoms with Gasteiger partial charge in [0.1, 0.15) is 5.78 Å². The van der Waals surface area contributed by atoms with Crippen LogP contribution in [0, 0.1) is 13.8 Å². The highest BCUT2D eigenvalue weighted by molar-refractivity contribution is 7.91. The quantitative estimate of drug-likeness (QED) is 0.343. The van der Waals surface area contributed by atoms with Crippen molar-refractivity contribution >= 4 is 33.1 Å². The molecular weight excluding hydrogens is 490 g/mol. The van der Waals surface area contributed by atoms with E-state index in [0.29, 0.717) is 17.1 Å². The Labute approximate surface area is 211 Å². The predicted molar refractivity (Wildman–Crippen MR) is 135 cm³/mol. The van der Waals surface area contributed by atoms with Crippen LogP contribution < -0.4 is 5.32 Å². The third-order valence-corrected chi connectivity index (χ3v) is 8.92. The summed E-state index contributed by atoms with van der Waals surface area (Å²) in [5.41, 5.74) is 1.20. The van der Waals surface area contributed by atoms with Gasteiger partial charge in [0.25, 0.3) is 10.0 Å². The SMILES string of the molecule is CCC(=O)CCC(=O)N[C@@H](Cc1ccccc1)[C@H](O)CN(CC(C)O)S(=O)(=O)c1sc(C)nc1C. The molecule has 9 nitrogen and oxygen atoms in total.